The van der Waals surface area contributed by atoms with Crippen molar-refractivity contribution in [3.8, 4) is 0 Å². The fourth-order valence-electron chi connectivity index (χ4n) is 2.51. The van der Waals surface area contributed by atoms with Crippen LogP contribution in [0.1, 0.15) is 6.42 Å². The molecule has 2 aromatic rings. The van der Waals surface area contributed by atoms with Crippen molar-refractivity contribution in [2.45, 2.75) is 13.0 Å². The largest absolute Gasteiger partial charge is 0.341 e. The second-order valence-corrected chi connectivity index (χ2v) is 4.97. The van der Waals surface area contributed by atoms with Crippen LogP contribution in [-0.2, 0) is 11.3 Å². The number of rotatable bonds is 3. The summed E-state index contributed by atoms with van der Waals surface area (Å²) in [5.41, 5.74) is 7.35. The SMILES string of the molecule is NCC1CCN(C(=O)Cn2nnc3ccccc32)C1. The van der Waals surface area contributed by atoms with Gasteiger partial charge in [-0.3, -0.25) is 4.79 Å². The molecule has 0 bridgehead atoms. The van der Waals surface area contributed by atoms with Crippen LogP contribution in [0.2, 0.25) is 0 Å². The Bertz CT molecular complexity index is 593. The third-order valence-electron chi connectivity index (χ3n) is 3.68. The highest BCUT2D eigenvalue weighted by Gasteiger charge is 2.25. The zero-order chi connectivity index (χ0) is 13.2. The number of fused-ring (bicyclic) bond motifs is 1. The average molecular weight is 259 g/mol. The lowest BCUT2D eigenvalue weighted by Crippen LogP contribution is -2.33. The maximum atomic E-state index is 12.2. The fraction of sp³-hybridized carbons (Fsp3) is 0.462. The van der Waals surface area contributed by atoms with Gasteiger partial charge in [0.15, 0.2) is 0 Å². The van der Waals surface area contributed by atoms with E-state index in [1.165, 1.54) is 0 Å². The summed E-state index contributed by atoms with van der Waals surface area (Å²) < 4.78 is 1.66. The molecule has 1 fully saturated rings. The van der Waals surface area contributed by atoms with Crippen molar-refractivity contribution >= 4 is 16.9 Å². The van der Waals surface area contributed by atoms with Gasteiger partial charge in [-0.25, -0.2) is 4.68 Å². The van der Waals surface area contributed by atoms with Crippen LogP contribution >= 0.6 is 0 Å². The molecule has 1 saturated heterocycles. The Balaban J connectivity index is 1.73. The number of hydrogen-bond donors (Lipinski definition) is 1. The molecule has 1 atom stereocenters. The highest BCUT2D eigenvalue weighted by Crippen LogP contribution is 2.16. The smallest absolute Gasteiger partial charge is 0.244 e. The van der Waals surface area contributed by atoms with E-state index in [1.807, 2.05) is 29.2 Å². The topological polar surface area (TPSA) is 77.0 Å². The van der Waals surface area contributed by atoms with Crippen molar-refractivity contribution in [3.63, 3.8) is 0 Å². The van der Waals surface area contributed by atoms with Gasteiger partial charge in [0.25, 0.3) is 0 Å². The summed E-state index contributed by atoms with van der Waals surface area (Å²) in [6.07, 6.45) is 1.00. The summed E-state index contributed by atoms with van der Waals surface area (Å²) in [4.78, 5) is 14.1. The number of nitrogens with two attached hydrogens (primary N) is 1. The minimum atomic E-state index is 0.0894. The van der Waals surface area contributed by atoms with E-state index in [0.717, 1.165) is 30.5 Å². The maximum absolute atomic E-state index is 12.2. The number of hydrogen-bond acceptors (Lipinski definition) is 4. The Morgan fingerprint density at radius 2 is 2.26 bits per heavy atom. The molecule has 1 aliphatic heterocycles. The summed E-state index contributed by atoms with van der Waals surface area (Å²) in [5.74, 6) is 0.531. The number of para-hydroxylation sites is 1. The lowest BCUT2D eigenvalue weighted by molar-refractivity contribution is -0.131. The monoisotopic (exact) mass is 259 g/mol. The molecule has 19 heavy (non-hydrogen) atoms. The van der Waals surface area contributed by atoms with Crippen molar-refractivity contribution in [1.29, 1.82) is 0 Å². The van der Waals surface area contributed by atoms with Crippen molar-refractivity contribution in [2.75, 3.05) is 19.6 Å². The Morgan fingerprint density at radius 1 is 1.42 bits per heavy atom. The quantitative estimate of drug-likeness (QED) is 0.856. The summed E-state index contributed by atoms with van der Waals surface area (Å²) >= 11 is 0. The van der Waals surface area contributed by atoms with E-state index >= 15 is 0 Å². The molecule has 100 valence electrons. The number of nitrogens with zero attached hydrogens (tertiary/aromatic N) is 4. The van der Waals surface area contributed by atoms with E-state index in [9.17, 15) is 4.79 Å². The third-order valence-corrected chi connectivity index (χ3v) is 3.68. The molecule has 3 rings (SSSR count). The fourth-order valence-corrected chi connectivity index (χ4v) is 2.51. The molecule has 6 heteroatoms. The van der Waals surface area contributed by atoms with Gasteiger partial charge in [0.05, 0.1) is 5.52 Å². The number of likely N-dealkylation sites (tertiary alicyclic amines) is 1. The first kappa shape index (κ1) is 12.1. The molecule has 1 amide bonds. The van der Waals surface area contributed by atoms with Crippen LogP contribution in [0.15, 0.2) is 24.3 Å². The van der Waals surface area contributed by atoms with Gasteiger partial charge in [-0.1, -0.05) is 17.3 Å². The predicted molar refractivity (Wildman–Crippen MR) is 71.3 cm³/mol. The van der Waals surface area contributed by atoms with E-state index < -0.39 is 0 Å². The molecule has 1 aromatic carbocycles. The molecule has 1 aromatic heterocycles. The Labute approximate surface area is 111 Å². The first-order valence-electron chi connectivity index (χ1n) is 6.54. The normalized spacial score (nSPS) is 19.2. The third kappa shape index (κ3) is 2.31. The molecule has 0 radical (unpaired) electrons. The lowest BCUT2D eigenvalue weighted by atomic mass is 10.1. The van der Waals surface area contributed by atoms with Gasteiger partial charge in [-0.2, -0.15) is 0 Å². The van der Waals surface area contributed by atoms with E-state index in [0.29, 0.717) is 12.5 Å². The summed E-state index contributed by atoms with van der Waals surface area (Å²) in [6, 6.07) is 7.65. The summed E-state index contributed by atoms with van der Waals surface area (Å²) in [6.45, 7) is 2.46. The molecule has 0 aliphatic carbocycles. The summed E-state index contributed by atoms with van der Waals surface area (Å²) in [7, 11) is 0. The molecular formula is C13H17N5O. The molecule has 0 saturated carbocycles. The standard InChI is InChI=1S/C13H17N5O/c14-7-10-5-6-17(8-10)13(19)9-18-12-4-2-1-3-11(12)15-16-18/h1-4,10H,5-9,14H2. The van der Waals surface area contributed by atoms with E-state index in [2.05, 4.69) is 10.3 Å². The van der Waals surface area contributed by atoms with Crippen LogP contribution in [0.25, 0.3) is 11.0 Å². The molecule has 2 heterocycles. The first-order valence-corrected chi connectivity index (χ1v) is 6.54. The maximum Gasteiger partial charge on any atom is 0.244 e. The Kier molecular flexibility index (Phi) is 3.16. The van der Waals surface area contributed by atoms with Crippen LogP contribution in [0.5, 0.6) is 0 Å². The van der Waals surface area contributed by atoms with Crippen LogP contribution in [0, 0.1) is 5.92 Å². The van der Waals surface area contributed by atoms with Gasteiger partial charge in [-0.05, 0) is 31.0 Å². The average Bonchev–Trinajstić information content (AvgIpc) is 3.06. The number of aromatic nitrogens is 3. The molecular weight excluding hydrogens is 242 g/mol. The van der Waals surface area contributed by atoms with Gasteiger partial charge in [0, 0.05) is 13.1 Å². The lowest BCUT2D eigenvalue weighted by Gasteiger charge is -2.16. The number of carbonyl (C=O) groups is 1. The van der Waals surface area contributed by atoms with Crippen LogP contribution in [0.4, 0.5) is 0 Å². The molecule has 0 spiro atoms. The first-order chi connectivity index (χ1) is 9.28. The molecule has 2 N–H and O–H groups in total. The molecule has 1 unspecified atom stereocenters. The zero-order valence-corrected chi connectivity index (χ0v) is 10.7. The van der Waals surface area contributed by atoms with Crippen LogP contribution < -0.4 is 5.73 Å². The van der Waals surface area contributed by atoms with Gasteiger partial charge >= 0.3 is 0 Å². The van der Waals surface area contributed by atoms with E-state index in [4.69, 9.17) is 5.73 Å². The second-order valence-electron chi connectivity index (χ2n) is 4.97. The minimum absolute atomic E-state index is 0.0894. The Morgan fingerprint density at radius 3 is 3.05 bits per heavy atom. The number of benzene rings is 1. The number of amides is 1. The van der Waals surface area contributed by atoms with Crippen molar-refractivity contribution in [3.05, 3.63) is 24.3 Å². The predicted octanol–water partition coefficient (Wildman–Crippen LogP) is 0.239. The van der Waals surface area contributed by atoms with E-state index in [1.54, 1.807) is 4.68 Å². The van der Waals surface area contributed by atoms with Gasteiger partial charge in [0.2, 0.25) is 5.91 Å². The van der Waals surface area contributed by atoms with Gasteiger partial charge in [0.1, 0.15) is 12.1 Å². The Hall–Kier alpha value is -1.95. The van der Waals surface area contributed by atoms with Crippen LogP contribution in [-0.4, -0.2) is 45.4 Å². The van der Waals surface area contributed by atoms with Crippen LogP contribution in [0.3, 0.4) is 0 Å². The van der Waals surface area contributed by atoms with Crippen molar-refractivity contribution in [2.24, 2.45) is 11.7 Å². The molecule has 1 aliphatic rings. The minimum Gasteiger partial charge on any atom is -0.341 e. The molecule has 6 nitrogen and oxygen atoms in total. The zero-order valence-electron chi connectivity index (χ0n) is 10.7. The van der Waals surface area contributed by atoms with Crippen molar-refractivity contribution < 1.29 is 4.79 Å². The highest BCUT2D eigenvalue weighted by atomic mass is 16.2. The highest BCUT2D eigenvalue weighted by molar-refractivity contribution is 5.80. The van der Waals surface area contributed by atoms with E-state index in [-0.39, 0.29) is 12.5 Å². The van der Waals surface area contributed by atoms with Gasteiger partial charge < -0.3 is 10.6 Å². The second kappa shape index (κ2) is 4.97. The van der Waals surface area contributed by atoms with Gasteiger partial charge in [-0.15, -0.1) is 5.10 Å². The number of carbonyl (C=O) groups excluding carboxylic acids is 1. The summed E-state index contributed by atoms with van der Waals surface area (Å²) in [5, 5.41) is 8.09. The van der Waals surface area contributed by atoms with Crippen molar-refractivity contribution in [1.82, 2.24) is 19.9 Å².